The predicted molar refractivity (Wildman–Crippen MR) is 86.2 cm³/mol. The Morgan fingerprint density at radius 3 is 2.95 bits per heavy atom. The number of hydrogen-bond donors (Lipinski definition) is 3. The van der Waals surface area contributed by atoms with E-state index in [1.807, 2.05) is 28.8 Å². The fraction of sp³-hybridized carbons (Fsp3) is 0.538. The Hall–Kier alpha value is -0.920. The van der Waals surface area contributed by atoms with Crippen LogP contribution in [0.1, 0.15) is 18.7 Å². The Kier molecular flexibility index (Phi) is 6.83. The van der Waals surface area contributed by atoms with Crippen molar-refractivity contribution in [2.45, 2.75) is 25.0 Å². The Morgan fingerprint density at radius 2 is 2.19 bits per heavy atom. The van der Waals surface area contributed by atoms with Crippen LogP contribution in [-0.2, 0) is 6.54 Å². The molecule has 0 amide bonds. The van der Waals surface area contributed by atoms with Crippen LogP contribution >= 0.6 is 24.8 Å². The first kappa shape index (κ1) is 18.1. The smallest absolute Gasteiger partial charge is 0.160 e. The van der Waals surface area contributed by atoms with Crippen LogP contribution in [-0.4, -0.2) is 44.9 Å². The molecule has 0 saturated carbocycles. The summed E-state index contributed by atoms with van der Waals surface area (Å²) in [7, 11) is 0. The predicted octanol–water partition coefficient (Wildman–Crippen LogP) is 0.777. The number of pyridine rings is 1. The highest BCUT2D eigenvalue weighted by molar-refractivity contribution is 5.85. The van der Waals surface area contributed by atoms with Gasteiger partial charge in [-0.15, -0.1) is 35.0 Å². The quantitative estimate of drug-likeness (QED) is 0.770. The lowest BCUT2D eigenvalue weighted by Crippen LogP contribution is -2.51. The van der Waals surface area contributed by atoms with Gasteiger partial charge in [-0.05, 0) is 31.5 Å². The first-order chi connectivity index (χ1) is 9.27. The van der Waals surface area contributed by atoms with Crippen LogP contribution in [0.3, 0.4) is 0 Å². The van der Waals surface area contributed by atoms with Crippen LogP contribution in [0.2, 0.25) is 0 Å². The zero-order valence-electron chi connectivity index (χ0n) is 11.7. The van der Waals surface area contributed by atoms with Gasteiger partial charge in [0.25, 0.3) is 0 Å². The standard InChI is InChI=1S/C13H19N5O.2ClH/c19-13(5-3-6-14-9-13)10-15-8-12-17-16-11-4-1-2-7-18(11)12;;/h1-2,4,7,14-15,19H,3,5-6,8-10H2;2*1H. The molecule has 1 atom stereocenters. The Labute approximate surface area is 136 Å². The molecule has 3 heterocycles. The molecule has 0 spiro atoms. The van der Waals surface area contributed by atoms with E-state index >= 15 is 0 Å². The molecule has 3 rings (SSSR count). The molecule has 118 valence electrons. The van der Waals surface area contributed by atoms with Gasteiger partial charge < -0.3 is 15.7 Å². The van der Waals surface area contributed by atoms with E-state index in [2.05, 4.69) is 20.8 Å². The maximum Gasteiger partial charge on any atom is 0.160 e. The number of aliphatic hydroxyl groups is 1. The summed E-state index contributed by atoms with van der Waals surface area (Å²) >= 11 is 0. The molecule has 1 saturated heterocycles. The van der Waals surface area contributed by atoms with Crippen molar-refractivity contribution in [3.8, 4) is 0 Å². The number of nitrogens with one attached hydrogen (secondary N) is 2. The third-order valence-electron chi connectivity index (χ3n) is 3.57. The summed E-state index contributed by atoms with van der Waals surface area (Å²) in [5.74, 6) is 0.864. The summed E-state index contributed by atoms with van der Waals surface area (Å²) in [5, 5.41) is 25.1. The summed E-state index contributed by atoms with van der Waals surface area (Å²) in [6.45, 7) is 2.83. The molecule has 0 aliphatic carbocycles. The zero-order chi connectivity index (χ0) is 13.1. The highest BCUT2D eigenvalue weighted by Gasteiger charge is 2.28. The van der Waals surface area contributed by atoms with E-state index in [1.165, 1.54) is 0 Å². The molecular weight excluding hydrogens is 313 g/mol. The van der Waals surface area contributed by atoms with Gasteiger partial charge in [-0.2, -0.15) is 0 Å². The van der Waals surface area contributed by atoms with E-state index in [1.54, 1.807) is 0 Å². The van der Waals surface area contributed by atoms with Crippen molar-refractivity contribution >= 4 is 30.5 Å². The number of fused-ring (bicyclic) bond motifs is 1. The average molecular weight is 334 g/mol. The van der Waals surface area contributed by atoms with Crippen LogP contribution in [0.4, 0.5) is 0 Å². The minimum atomic E-state index is -0.640. The number of rotatable bonds is 4. The van der Waals surface area contributed by atoms with Crippen LogP contribution < -0.4 is 10.6 Å². The molecule has 1 aliphatic rings. The largest absolute Gasteiger partial charge is 0.387 e. The third kappa shape index (κ3) is 4.28. The van der Waals surface area contributed by atoms with Crippen molar-refractivity contribution in [1.29, 1.82) is 0 Å². The molecule has 2 aromatic rings. The van der Waals surface area contributed by atoms with E-state index < -0.39 is 5.60 Å². The van der Waals surface area contributed by atoms with Crippen molar-refractivity contribution in [3.63, 3.8) is 0 Å². The number of halogens is 2. The highest BCUT2D eigenvalue weighted by Crippen LogP contribution is 2.14. The van der Waals surface area contributed by atoms with E-state index in [9.17, 15) is 5.11 Å². The number of aromatic nitrogens is 3. The molecule has 2 aromatic heterocycles. The summed E-state index contributed by atoms with van der Waals surface area (Å²) in [6.07, 6.45) is 3.81. The molecule has 1 aliphatic heterocycles. The molecule has 21 heavy (non-hydrogen) atoms. The van der Waals surface area contributed by atoms with Crippen LogP contribution in [0.25, 0.3) is 5.65 Å². The monoisotopic (exact) mass is 333 g/mol. The molecule has 3 N–H and O–H groups in total. The normalized spacial score (nSPS) is 21.6. The van der Waals surface area contributed by atoms with E-state index in [-0.39, 0.29) is 24.8 Å². The molecule has 1 fully saturated rings. The lowest BCUT2D eigenvalue weighted by molar-refractivity contribution is 0.0167. The van der Waals surface area contributed by atoms with Gasteiger partial charge in [-0.25, -0.2) is 0 Å². The van der Waals surface area contributed by atoms with Crippen molar-refractivity contribution in [2.24, 2.45) is 0 Å². The molecule has 6 nitrogen and oxygen atoms in total. The minimum absolute atomic E-state index is 0. The fourth-order valence-electron chi connectivity index (χ4n) is 2.52. The first-order valence-corrected chi connectivity index (χ1v) is 6.69. The number of piperidine rings is 1. The number of hydrogen-bond acceptors (Lipinski definition) is 5. The lowest BCUT2D eigenvalue weighted by Gasteiger charge is -2.32. The number of β-amino-alcohol motifs (C(OH)–C–C–N with tert-alkyl or cyclic N) is 1. The van der Waals surface area contributed by atoms with Gasteiger partial charge in [-0.1, -0.05) is 6.07 Å². The SMILES string of the molecule is Cl.Cl.OC1(CNCc2nnc3ccccn23)CCCNC1. The van der Waals surface area contributed by atoms with Gasteiger partial charge in [-0.3, -0.25) is 4.40 Å². The van der Waals surface area contributed by atoms with Crippen LogP contribution in [0, 0.1) is 0 Å². The van der Waals surface area contributed by atoms with Crippen LogP contribution in [0.15, 0.2) is 24.4 Å². The van der Waals surface area contributed by atoms with Crippen LogP contribution in [0.5, 0.6) is 0 Å². The topological polar surface area (TPSA) is 74.5 Å². The van der Waals surface area contributed by atoms with E-state index in [0.29, 0.717) is 19.6 Å². The summed E-state index contributed by atoms with van der Waals surface area (Å²) in [5.41, 5.74) is 0.205. The van der Waals surface area contributed by atoms with Crippen molar-refractivity contribution < 1.29 is 5.11 Å². The summed E-state index contributed by atoms with van der Waals surface area (Å²) in [4.78, 5) is 0. The maximum absolute atomic E-state index is 10.3. The van der Waals surface area contributed by atoms with Gasteiger partial charge in [0, 0.05) is 19.3 Å². The Balaban J connectivity index is 0.00000110. The second-order valence-corrected chi connectivity index (χ2v) is 5.15. The second kappa shape index (κ2) is 7.91. The summed E-state index contributed by atoms with van der Waals surface area (Å²) < 4.78 is 1.95. The van der Waals surface area contributed by atoms with Crippen molar-refractivity contribution in [1.82, 2.24) is 25.2 Å². The Morgan fingerprint density at radius 1 is 1.33 bits per heavy atom. The zero-order valence-corrected chi connectivity index (χ0v) is 13.3. The molecule has 0 radical (unpaired) electrons. The molecule has 0 bridgehead atoms. The fourth-order valence-corrected chi connectivity index (χ4v) is 2.52. The van der Waals surface area contributed by atoms with Crippen molar-refractivity contribution in [2.75, 3.05) is 19.6 Å². The average Bonchev–Trinajstić information content (AvgIpc) is 2.83. The highest BCUT2D eigenvalue weighted by atomic mass is 35.5. The summed E-state index contributed by atoms with van der Waals surface area (Å²) in [6, 6.07) is 5.82. The Bertz CT molecular complexity index is 556. The second-order valence-electron chi connectivity index (χ2n) is 5.15. The maximum atomic E-state index is 10.3. The molecule has 8 heteroatoms. The molecular formula is C13H21Cl2N5O. The van der Waals surface area contributed by atoms with Gasteiger partial charge >= 0.3 is 0 Å². The van der Waals surface area contributed by atoms with Gasteiger partial charge in [0.05, 0.1) is 12.1 Å². The number of nitrogens with zero attached hydrogens (tertiary/aromatic N) is 3. The minimum Gasteiger partial charge on any atom is -0.387 e. The molecule has 1 unspecified atom stereocenters. The molecule has 0 aromatic carbocycles. The van der Waals surface area contributed by atoms with Gasteiger partial charge in [0.2, 0.25) is 0 Å². The first-order valence-electron chi connectivity index (χ1n) is 6.69. The van der Waals surface area contributed by atoms with E-state index in [0.717, 1.165) is 30.9 Å². The lowest BCUT2D eigenvalue weighted by atomic mass is 9.94. The van der Waals surface area contributed by atoms with E-state index in [4.69, 9.17) is 0 Å². The van der Waals surface area contributed by atoms with Crippen molar-refractivity contribution in [3.05, 3.63) is 30.2 Å². The third-order valence-corrected chi connectivity index (χ3v) is 3.57. The van der Waals surface area contributed by atoms with Gasteiger partial charge in [0.15, 0.2) is 11.5 Å². The van der Waals surface area contributed by atoms with Gasteiger partial charge in [0.1, 0.15) is 0 Å².